The SMILES string of the molecule is O=C(CCN(C(=O)c1ccccc1)C1CCN(Cc2ccccc2)CC1)N1CCNCC1. The zero-order valence-electron chi connectivity index (χ0n) is 18.8. The second-order valence-electron chi connectivity index (χ2n) is 8.74. The van der Waals surface area contributed by atoms with Gasteiger partial charge in [-0.15, -0.1) is 0 Å². The lowest BCUT2D eigenvalue weighted by Crippen LogP contribution is -2.50. The monoisotopic (exact) mass is 434 g/mol. The Labute approximate surface area is 191 Å². The van der Waals surface area contributed by atoms with Gasteiger partial charge in [-0.2, -0.15) is 0 Å². The first-order chi connectivity index (χ1) is 15.7. The van der Waals surface area contributed by atoms with E-state index in [1.165, 1.54) is 5.56 Å². The van der Waals surface area contributed by atoms with Crippen LogP contribution in [0.15, 0.2) is 60.7 Å². The molecule has 2 heterocycles. The molecular weight excluding hydrogens is 400 g/mol. The number of piperazine rings is 1. The van der Waals surface area contributed by atoms with E-state index in [4.69, 9.17) is 0 Å². The summed E-state index contributed by atoms with van der Waals surface area (Å²) >= 11 is 0. The summed E-state index contributed by atoms with van der Waals surface area (Å²) in [7, 11) is 0. The molecule has 2 saturated heterocycles. The van der Waals surface area contributed by atoms with Gasteiger partial charge >= 0.3 is 0 Å². The Balaban J connectivity index is 1.38. The summed E-state index contributed by atoms with van der Waals surface area (Å²) < 4.78 is 0. The van der Waals surface area contributed by atoms with Crippen LogP contribution in [0.4, 0.5) is 0 Å². The van der Waals surface area contributed by atoms with E-state index in [0.717, 1.165) is 58.7 Å². The molecule has 170 valence electrons. The van der Waals surface area contributed by atoms with Crippen LogP contribution >= 0.6 is 0 Å². The van der Waals surface area contributed by atoms with Crippen LogP contribution in [0.1, 0.15) is 35.2 Å². The molecule has 1 N–H and O–H groups in total. The quantitative estimate of drug-likeness (QED) is 0.728. The van der Waals surface area contributed by atoms with Gasteiger partial charge in [0, 0.05) is 70.4 Å². The number of amides is 2. The number of carbonyl (C=O) groups excluding carboxylic acids is 2. The van der Waals surface area contributed by atoms with Crippen molar-refractivity contribution >= 4 is 11.8 Å². The standard InChI is InChI=1S/C26H34N4O2/c31-25(29-19-14-27-15-20-29)13-18-30(26(32)23-9-5-2-6-10-23)24-11-16-28(17-12-24)21-22-7-3-1-4-8-22/h1-10,24,27H,11-21H2. The summed E-state index contributed by atoms with van der Waals surface area (Å²) in [6.45, 7) is 6.55. The van der Waals surface area contributed by atoms with Crippen molar-refractivity contribution in [1.82, 2.24) is 20.0 Å². The minimum Gasteiger partial charge on any atom is -0.340 e. The predicted molar refractivity (Wildman–Crippen MR) is 126 cm³/mol. The molecule has 4 rings (SSSR count). The highest BCUT2D eigenvalue weighted by atomic mass is 16.2. The second-order valence-corrected chi connectivity index (χ2v) is 8.74. The normalized spacial score (nSPS) is 17.8. The minimum atomic E-state index is 0.0419. The van der Waals surface area contributed by atoms with Crippen LogP contribution in [-0.2, 0) is 11.3 Å². The van der Waals surface area contributed by atoms with Gasteiger partial charge in [-0.3, -0.25) is 14.5 Å². The third-order valence-corrected chi connectivity index (χ3v) is 6.56. The van der Waals surface area contributed by atoms with Gasteiger partial charge in [-0.25, -0.2) is 0 Å². The first-order valence-electron chi connectivity index (χ1n) is 11.8. The molecule has 0 aliphatic carbocycles. The number of nitrogens with one attached hydrogen (secondary N) is 1. The van der Waals surface area contributed by atoms with Crippen molar-refractivity contribution in [2.45, 2.75) is 31.8 Å². The summed E-state index contributed by atoms with van der Waals surface area (Å²) in [6, 6.07) is 20.2. The van der Waals surface area contributed by atoms with E-state index in [9.17, 15) is 9.59 Å². The molecule has 0 saturated carbocycles. The molecule has 0 bridgehead atoms. The topological polar surface area (TPSA) is 55.9 Å². The highest BCUT2D eigenvalue weighted by Crippen LogP contribution is 2.21. The fourth-order valence-electron chi connectivity index (χ4n) is 4.72. The van der Waals surface area contributed by atoms with Crippen LogP contribution in [0, 0.1) is 0 Å². The van der Waals surface area contributed by atoms with Crippen LogP contribution in [0.25, 0.3) is 0 Å². The molecule has 0 atom stereocenters. The van der Waals surface area contributed by atoms with E-state index >= 15 is 0 Å². The highest BCUT2D eigenvalue weighted by molar-refractivity contribution is 5.94. The molecule has 2 aliphatic rings. The maximum absolute atomic E-state index is 13.4. The summed E-state index contributed by atoms with van der Waals surface area (Å²) in [5, 5.41) is 3.28. The van der Waals surface area contributed by atoms with Crippen molar-refractivity contribution in [3.8, 4) is 0 Å². The average molecular weight is 435 g/mol. The fourth-order valence-corrected chi connectivity index (χ4v) is 4.72. The summed E-state index contributed by atoms with van der Waals surface area (Å²) in [6.07, 6.45) is 2.27. The van der Waals surface area contributed by atoms with E-state index in [0.29, 0.717) is 18.5 Å². The fraction of sp³-hybridized carbons (Fsp3) is 0.462. The summed E-state index contributed by atoms with van der Waals surface area (Å²) in [5.41, 5.74) is 2.03. The third kappa shape index (κ3) is 5.96. The number of hydrogen-bond donors (Lipinski definition) is 1. The maximum atomic E-state index is 13.4. The third-order valence-electron chi connectivity index (χ3n) is 6.56. The number of likely N-dealkylation sites (tertiary alicyclic amines) is 1. The van der Waals surface area contributed by atoms with E-state index in [2.05, 4.69) is 34.5 Å². The van der Waals surface area contributed by atoms with Crippen molar-refractivity contribution in [1.29, 1.82) is 0 Å². The highest BCUT2D eigenvalue weighted by Gasteiger charge is 2.29. The van der Waals surface area contributed by atoms with Gasteiger partial charge in [-0.05, 0) is 30.5 Å². The second kappa shape index (κ2) is 11.2. The lowest BCUT2D eigenvalue weighted by molar-refractivity contribution is -0.132. The maximum Gasteiger partial charge on any atom is 0.254 e. The number of benzene rings is 2. The minimum absolute atomic E-state index is 0.0419. The van der Waals surface area contributed by atoms with Gasteiger partial charge in [0.25, 0.3) is 5.91 Å². The van der Waals surface area contributed by atoms with E-state index in [1.54, 1.807) is 0 Å². The van der Waals surface area contributed by atoms with E-state index in [1.807, 2.05) is 46.2 Å². The molecule has 2 fully saturated rings. The Morgan fingerprint density at radius 1 is 0.875 bits per heavy atom. The van der Waals surface area contributed by atoms with Gasteiger partial charge in [-0.1, -0.05) is 48.5 Å². The Hall–Kier alpha value is -2.70. The first-order valence-corrected chi connectivity index (χ1v) is 11.8. The van der Waals surface area contributed by atoms with Gasteiger partial charge in [0.1, 0.15) is 0 Å². The van der Waals surface area contributed by atoms with Crippen molar-refractivity contribution < 1.29 is 9.59 Å². The largest absolute Gasteiger partial charge is 0.340 e. The molecule has 2 aromatic rings. The van der Waals surface area contributed by atoms with Crippen LogP contribution in [0.5, 0.6) is 0 Å². The Morgan fingerprint density at radius 2 is 1.50 bits per heavy atom. The van der Waals surface area contributed by atoms with Crippen molar-refractivity contribution in [3.63, 3.8) is 0 Å². The summed E-state index contributed by atoms with van der Waals surface area (Å²) in [4.78, 5) is 32.5. The molecule has 0 aromatic heterocycles. The molecule has 6 heteroatoms. The average Bonchev–Trinajstić information content (AvgIpc) is 2.86. The number of nitrogens with zero attached hydrogens (tertiary/aromatic N) is 3. The molecule has 2 aliphatic heterocycles. The molecule has 0 unspecified atom stereocenters. The molecule has 0 spiro atoms. The number of carbonyl (C=O) groups is 2. The van der Waals surface area contributed by atoms with Gasteiger partial charge in [0.15, 0.2) is 0 Å². The van der Waals surface area contributed by atoms with Crippen molar-refractivity contribution in [3.05, 3.63) is 71.8 Å². The molecule has 0 radical (unpaired) electrons. The molecular formula is C26H34N4O2. The number of rotatable bonds is 7. The molecule has 6 nitrogen and oxygen atoms in total. The Kier molecular flexibility index (Phi) is 7.91. The number of piperidine rings is 1. The number of hydrogen-bond acceptors (Lipinski definition) is 4. The van der Waals surface area contributed by atoms with Crippen molar-refractivity contribution in [2.24, 2.45) is 0 Å². The zero-order valence-corrected chi connectivity index (χ0v) is 18.8. The van der Waals surface area contributed by atoms with Gasteiger partial charge in [0.05, 0.1) is 0 Å². The predicted octanol–water partition coefficient (Wildman–Crippen LogP) is 2.62. The molecule has 2 aromatic carbocycles. The zero-order chi connectivity index (χ0) is 22.2. The van der Waals surface area contributed by atoms with Crippen LogP contribution < -0.4 is 5.32 Å². The lowest BCUT2D eigenvalue weighted by atomic mass is 10.0. The van der Waals surface area contributed by atoms with Gasteiger partial charge < -0.3 is 15.1 Å². The van der Waals surface area contributed by atoms with E-state index < -0.39 is 0 Å². The van der Waals surface area contributed by atoms with Crippen LogP contribution in [-0.4, -0.2) is 78.4 Å². The van der Waals surface area contributed by atoms with Crippen molar-refractivity contribution in [2.75, 3.05) is 45.8 Å². The Bertz CT molecular complexity index is 860. The van der Waals surface area contributed by atoms with Gasteiger partial charge in [0.2, 0.25) is 5.91 Å². The van der Waals surface area contributed by atoms with E-state index in [-0.39, 0.29) is 17.9 Å². The Morgan fingerprint density at radius 3 is 2.16 bits per heavy atom. The first kappa shape index (κ1) is 22.5. The summed E-state index contributed by atoms with van der Waals surface area (Å²) in [5.74, 6) is 0.194. The smallest absolute Gasteiger partial charge is 0.254 e. The van der Waals surface area contributed by atoms with Crippen LogP contribution in [0.2, 0.25) is 0 Å². The molecule has 2 amide bonds. The molecule has 32 heavy (non-hydrogen) atoms. The van der Waals surface area contributed by atoms with Crippen LogP contribution in [0.3, 0.4) is 0 Å². The lowest BCUT2D eigenvalue weighted by Gasteiger charge is -2.39.